The normalized spacial score (nSPS) is 17.8. The number of hydrogen-bond donors (Lipinski definition) is 0. The Morgan fingerprint density at radius 3 is 2.84 bits per heavy atom. The average Bonchev–Trinajstić information content (AvgIpc) is 2.48. The van der Waals surface area contributed by atoms with Crippen LogP contribution in [0.5, 0.6) is 5.75 Å². The third-order valence-electron chi connectivity index (χ3n) is 3.54. The van der Waals surface area contributed by atoms with Crippen molar-refractivity contribution in [2.75, 3.05) is 7.11 Å². The number of rotatable bonds is 3. The van der Waals surface area contributed by atoms with Gasteiger partial charge in [0.25, 0.3) is 0 Å². The molecule has 0 amide bonds. The SMILES string of the molecule is COc1ccc2c(c1)C(Sc1ccncc1)CCC2. The molecule has 19 heavy (non-hydrogen) atoms. The van der Waals surface area contributed by atoms with Crippen LogP contribution in [0.3, 0.4) is 0 Å². The van der Waals surface area contributed by atoms with E-state index in [-0.39, 0.29) is 0 Å². The molecule has 0 aliphatic heterocycles. The minimum Gasteiger partial charge on any atom is -0.497 e. The number of methoxy groups -OCH3 is 1. The van der Waals surface area contributed by atoms with E-state index in [0.29, 0.717) is 5.25 Å². The molecule has 3 heteroatoms. The maximum Gasteiger partial charge on any atom is 0.119 e. The smallest absolute Gasteiger partial charge is 0.119 e. The van der Waals surface area contributed by atoms with Gasteiger partial charge in [-0.2, -0.15) is 0 Å². The summed E-state index contributed by atoms with van der Waals surface area (Å²) < 4.78 is 5.36. The highest BCUT2D eigenvalue weighted by atomic mass is 32.2. The van der Waals surface area contributed by atoms with Gasteiger partial charge in [0.2, 0.25) is 0 Å². The van der Waals surface area contributed by atoms with Gasteiger partial charge in [-0.3, -0.25) is 4.98 Å². The van der Waals surface area contributed by atoms with Gasteiger partial charge >= 0.3 is 0 Å². The van der Waals surface area contributed by atoms with Gasteiger partial charge in [0, 0.05) is 22.5 Å². The Balaban J connectivity index is 1.89. The maximum absolute atomic E-state index is 5.36. The van der Waals surface area contributed by atoms with Crippen molar-refractivity contribution in [3.8, 4) is 5.75 Å². The number of ether oxygens (including phenoxy) is 1. The summed E-state index contributed by atoms with van der Waals surface area (Å²) in [6.45, 7) is 0. The van der Waals surface area contributed by atoms with Crippen LogP contribution in [-0.2, 0) is 6.42 Å². The largest absolute Gasteiger partial charge is 0.497 e. The van der Waals surface area contributed by atoms with Crippen molar-refractivity contribution in [1.29, 1.82) is 0 Å². The Bertz CT molecular complexity index is 556. The minimum absolute atomic E-state index is 0.529. The zero-order chi connectivity index (χ0) is 13.1. The summed E-state index contributed by atoms with van der Waals surface area (Å²) >= 11 is 1.93. The molecule has 98 valence electrons. The van der Waals surface area contributed by atoms with E-state index in [2.05, 4.69) is 35.3 Å². The quantitative estimate of drug-likeness (QED) is 0.832. The second kappa shape index (κ2) is 5.66. The molecule has 1 atom stereocenters. The predicted octanol–water partition coefficient (Wildman–Crippen LogP) is 4.26. The molecule has 0 N–H and O–H groups in total. The van der Waals surface area contributed by atoms with E-state index >= 15 is 0 Å². The van der Waals surface area contributed by atoms with E-state index < -0.39 is 0 Å². The van der Waals surface area contributed by atoms with Crippen molar-refractivity contribution in [3.05, 3.63) is 53.9 Å². The van der Waals surface area contributed by atoms with E-state index in [9.17, 15) is 0 Å². The number of nitrogens with zero attached hydrogens (tertiary/aromatic N) is 1. The van der Waals surface area contributed by atoms with Crippen LogP contribution in [-0.4, -0.2) is 12.1 Å². The number of fused-ring (bicyclic) bond motifs is 1. The van der Waals surface area contributed by atoms with Crippen molar-refractivity contribution < 1.29 is 4.74 Å². The summed E-state index contributed by atoms with van der Waals surface area (Å²) in [7, 11) is 1.73. The fourth-order valence-corrected chi connectivity index (χ4v) is 3.80. The molecule has 0 saturated heterocycles. The maximum atomic E-state index is 5.36. The lowest BCUT2D eigenvalue weighted by Crippen LogP contribution is -2.07. The lowest BCUT2D eigenvalue weighted by atomic mass is 9.91. The second-order valence-electron chi connectivity index (χ2n) is 4.75. The van der Waals surface area contributed by atoms with Gasteiger partial charge in [-0.05, 0) is 54.7 Å². The molecule has 1 aromatic carbocycles. The van der Waals surface area contributed by atoms with E-state index in [1.54, 1.807) is 7.11 Å². The minimum atomic E-state index is 0.529. The van der Waals surface area contributed by atoms with Gasteiger partial charge in [0.15, 0.2) is 0 Å². The first-order valence-corrected chi connectivity index (χ1v) is 7.48. The molecule has 1 unspecified atom stereocenters. The predicted molar refractivity (Wildman–Crippen MR) is 78.8 cm³/mol. The summed E-state index contributed by atoms with van der Waals surface area (Å²) in [5, 5.41) is 0.529. The fraction of sp³-hybridized carbons (Fsp3) is 0.312. The summed E-state index contributed by atoms with van der Waals surface area (Å²) in [6.07, 6.45) is 7.40. The molecule has 1 aliphatic carbocycles. The molecular formula is C16H17NOS. The zero-order valence-corrected chi connectivity index (χ0v) is 11.8. The Morgan fingerprint density at radius 1 is 1.21 bits per heavy atom. The lowest BCUT2D eigenvalue weighted by Gasteiger charge is -2.25. The Labute approximate surface area is 118 Å². The van der Waals surface area contributed by atoms with Crippen molar-refractivity contribution in [2.45, 2.75) is 29.4 Å². The van der Waals surface area contributed by atoms with Crippen molar-refractivity contribution >= 4 is 11.8 Å². The second-order valence-corrected chi connectivity index (χ2v) is 6.02. The number of pyridine rings is 1. The molecule has 0 spiro atoms. The average molecular weight is 271 g/mol. The van der Waals surface area contributed by atoms with Crippen LogP contribution in [0.4, 0.5) is 0 Å². The molecule has 0 bridgehead atoms. The Hall–Kier alpha value is -1.48. The molecule has 0 radical (unpaired) electrons. The van der Waals surface area contributed by atoms with E-state index in [1.807, 2.05) is 24.2 Å². The lowest BCUT2D eigenvalue weighted by molar-refractivity contribution is 0.413. The highest BCUT2D eigenvalue weighted by Crippen LogP contribution is 2.44. The Morgan fingerprint density at radius 2 is 2.05 bits per heavy atom. The van der Waals surface area contributed by atoms with Gasteiger partial charge in [0.05, 0.1) is 7.11 Å². The number of aromatic nitrogens is 1. The summed E-state index contributed by atoms with van der Waals surface area (Å²) in [5.74, 6) is 0.959. The summed E-state index contributed by atoms with van der Waals surface area (Å²) in [4.78, 5) is 5.36. The van der Waals surface area contributed by atoms with Gasteiger partial charge in [-0.1, -0.05) is 6.07 Å². The zero-order valence-electron chi connectivity index (χ0n) is 11.0. The number of benzene rings is 1. The van der Waals surface area contributed by atoms with Crippen LogP contribution in [0, 0.1) is 0 Å². The van der Waals surface area contributed by atoms with Gasteiger partial charge in [0.1, 0.15) is 5.75 Å². The highest BCUT2D eigenvalue weighted by molar-refractivity contribution is 7.99. The van der Waals surface area contributed by atoms with Gasteiger partial charge in [-0.15, -0.1) is 11.8 Å². The molecule has 1 aromatic heterocycles. The number of aryl methyl sites for hydroxylation is 1. The van der Waals surface area contributed by atoms with Crippen LogP contribution in [0.15, 0.2) is 47.6 Å². The van der Waals surface area contributed by atoms with Crippen LogP contribution in [0.2, 0.25) is 0 Å². The molecule has 1 aliphatic rings. The van der Waals surface area contributed by atoms with Crippen LogP contribution in [0.25, 0.3) is 0 Å². The molecule has 1 heterocycles. The van der Waals surface area contributed by atoms with E-state index in [1.165, 1.54) is 35.3 Å². The molecule has 0 fully saturated rings. The molecule has 0 saturated carbocycles. The summed E-state index contributed by atoms with van der Waals surface area (Å²) in [5.41, 5.74) is 2.91. The van der Waals surface area contributed by atoms with Crippen LogP contribution in [0.1, 0.15) is 29.2 Å². The summed E-state index contributed by atoms with van der Waals surface area (Å²) in [6, 6.07) is 10.7. The fourth-order valence-electron chi connectivity index (χ4n) is 2.56. The van der Waals surface area contributed by atoms with Crippen molar-refractivity contribution in [3.63, 3.8) is 0 Å². The van der Waals surface area contributed by atoms with E-state index in [0.717, 1.165) is 5.75 Å². The molecule has 3 rings (SSSR count). The molecular weight excluding hydrogens is 254 g/mol. The standard InChI is InChI=1S/C16H17NOS/c1-18-13-6-5-12-3-2-4-16(15(12)11-13)19-14-7-9-17-10-8-14/h5-11,16H,2-4H2,1H3. The van der Waals surface area contributed by atoms with Crippen molar-refractivity contribution in [2.24, 2.45) is 0 Å². The van der Waals surface area contributed by atoms with Crippen LogP contribution >= 0.6 is 11.8 Å². The third-order valence-corrected chi connectivity index (χ3v) is 4.86. The molecule has 2 aromatic rings. The van der Waals surface area contributed by atoms with E-state index in [4.69, 9.17) is 4.74 Å². The van der Waals surface area contributed by atoms with Crippen LogP contribution < -0.4 is 4.74 Å². The first-order chi connectivity index (χ1) is 9.36. The first kappa shape index (κ1) is 12.5. The van der Waals surface area contributed by atoms with Gasteiger partial charge < -0.3 is 4.74 Å². The monoisotopic (exact) mass is 271 g/mol. The number of thioether (sulfide) groups is 1. The highest BCUT2D eigenvalue weighted by Gasteiger charge is 2.21. The van der Waals surface area contributed by atoms with Crippen molar-refractivity contribution in [1.82, 2.24) is 4.98 Å². The third kappa shape index (κ3) is 2.76. The molecule has 2 nitrogen and oxygen atoms in total. The Kier molecular flexibility index (Phi) is 3.74. The number of hydrogen-bond acceptors (Lipinski definition) is 3. The first-order valence-electron chi connectivity index (χ1n) is 6.60. The van der Waals surface area contributed by atoms with Gasteiger partial charge in [-0.25, -0.2) is 0 Å². The topological polar surface area (TPSA) is 22.1 Å².